The van der Waals surface area contributed by atoms with Gasteiger partial charge < -0.3 is 16.4 Å². The van der Waals surface area contributed by atoms with Gasteiger partial charge in [0.1, 0.15) is 0 Å². The van der Waals surface area contributed by atoms with E-state index >= 15 is 0 Å². The molecule has 1 aromatic carbocycles. The number of urea groups is 1. The highest BCUT2D eigenvalue weighted by Crippen LogP contribution is 2.35. The maximum Gasteiger partial charge on any atom is 0.316 e. The summed E-state index contributed by atoms with van der Waals surface area (Å²) >= 11 is 0. The van der Waals surface area contributed by atoms with Crippen molar-refractivity contribution in [2.45, 2.75) is 19.8 Å². The van der Waals surface area contributed by atoms with Gasteiger partial charge in [0.15, 0.2) is 0 Å². The summed E-state index contributed by atoms with van der Waals surface area (Å²) in [5.74, 6) is 0.425. The SMILES string of the molecule is CC(=CC(=O)Nc1cccc(NC(N)=O)c1)C1CC1. The lowest BCUT2D eigenvalue weighted by molar-refractivity contribution is -0.112. The molecule has 0 heterocycles. The van der Waals surface area contributed by atoms with Crippen molar-refractivity contribution in [3.05, 3.63) is 35.9 Å². The van der Waals surface area contributed by atoms with Crippen LogP contribution in [0.15, 0.2) is 35.9 Å². The van der Waals surface area contributed by atoms with E-state index in [1.807, 2.05) is 6.92 Å². The van der Waals surface area contributed by atoms with Gasteiger partial charge in [0, 0.05) is 17.5 Å². The quantitative estimate of drug-likeness (QED) is 0.726. The monoisotopic (exact) mass is 259 g/mol. The molecule has 3 amide bonds. The third kappa shape index (κ3) is 4.13. The van der Waals surface area contributed by atoms with Crippen LogP contribution in [0.1, 0.15) is 19.8 Å². The second-order valence-corrected chi connectivity index (χ2v) is 4.72. The first-order valence-electron chi connectivity index (χ1n) is 6.20. The molecule has 5 nitrogen and oxygen atoms in total. The summed E-state index contributed by atoms with van der Waals surface area (Å²) in [5.41, 5.74) is 7.32. The molecule has 1 aliphatic rings. The van der Waals surface area contributed by atoms with Crippen molar-refractivity contribution in [3.63, 3.8) is 0 Å². The first-order valence-corrected chi connectivity index (χ1v) is 6.20. The van der Waals surface area contributed by atoms with Crippen molar-refractivity contribution in [1.82, 2.24) is 0 Å². The Morgan fingerprint density at radius 1 is 1.26 bits per heavy atom. The van der Waals surface area contributed by atoms with Crippen molar-refractivity contribution < 1.29 is 9.59 Å². The van der Waals surface area contributed by atoms with Gasteiger partial charge in [0.2, 0.25) is 5.91 Å². The van der Waals surface area contributed by atoms with Gasteiger partial charge in [0.25, 0.3) is 0 Å². The molecule has 0 saturated heterocycles. The zero-order chi connectivity index (χ0) is 13.8. The van der Waals surface area contributed by atoms with Crippen molar-refractivity contribution in [1.29, 1.82) is 0 Å². The van der Waals surface area contributed by atoms with Gasteiger partial charge >= 0.3 is 6.03 Å². The molecule has 0 spiro atoms. The minimum atomic E-state index is -0.632. The van der Waals surface area contributed by atoms with Gasteiger partial charge in [-0.2, -0.15) is 0 Å². The number of carbonyl (C=O) groups excluding carboxylic acids is 2. The van der Waals surface area contributed by atoms with Gasteiger partial charge in [-0.15, -0.1) is 0 Å². The third-order valence-corrected chi connectivity index (χ3v) is 2.98. The number of hydrogen-bond acceptors (Lipinski definition) is 2. The molecule has 1 saturated carbocycles. The highest BCUT2D eigenvalue weighted by atomic mass is 16.2. The lowest BCUT2D eigenvalue weighted by Crippen LogP contribution is -2.19. The largest absolute Gasteiger partial charge is 0.351 e. The standard InChI is InChI=1S/C14H17N3O2/c1-9(10-5-6-10)7-13(18)16-11-3-2-4-12(8-11)17-14(15)19/h2-4,7-8,10H,5-6H2,1H3,(H,16,18)(H3,15,17,19). The fraction of sp³-hybridized carbons (Fsp3) is 0.286. The van der Waals surface area contributed by atoms with Crippen molar-refractivity contribution >= 4 is 23.3 Å². The Balaban J connectivity index is 2.00. The van der Waals surface area contributed by atoms with Crippen LogP contribution in [-0.4, -0.2) is 11.9 Å². The van der Waals surface area contributed by atoms with Crippen LogP contribution in [0.2, 0.25) is 0 Å². The van der Waals surface area contributed by atoms with Gasteiger partial charge in [-0.1, -0.05) is 11.6 Å². The van der Waals surface area contributed by atoms with E-state index in [2.05, 4.69) is 10.6 Å². The first-order chi connectivity index (χ1) is 9.04. The predicted molar refractivity (Wildman–Crippen MR) is 74.8 cm³/mol. The summed E-state index contributed by atoms with van der Waals surface area (Å²) in [6.45, 7) is 1.97. The summed E-state index contributed by atoms with van der Waals surface area (Å²) in [6.07, 6.45) is 3.98. The number of benzene rings is 1. The number of carbonyl (C=O) groups is 2. The number of hydrogen-bond donors (Lipinski definition) is 3. The highest BCUT2D eigenvalue weighted by Gasteiger charge is 2.23. The third-order valence-electron chi connectivity index (χ3n) is 2.98. The molecule has 100 valence electrons. The molecule has 0 aromatic heterocycles. The molecule has 1 fully saturated rings. The normalized spacial score (nSPS) is 14.9. The van der Waals surface area contributed by atoms with E-state index < -0.39 is 6.03 Å². The predicted octanol–water partition coefficient (Wildman–Crippen LogP) is 2.47. The molecule has 0 bridgehead atoms. The molecule has 19 heavy (non-hydrogen) atoms. The minimum absolute atomic E-state index is 0.152. The lowest BCUT2D eigenvalue weighted by atomic mass is 10.2. The Kier molecular flexibility index (Phi) is 3.85. The van der Waals surface area contributed by atoms with Crippen molar-refractivity contribution in [2.75, 3.05) is 10.6 Å². The van der Waals surface area contributed by atoms with Crippen molar-refractivity contribution in [2.24, 2.45) is 11.7 Å². The molecule has 1 aromatic rings. The van der Waals surface area contributed by atoms with Crippen LogP contribution in [0.3, 0.4) is 0 Å². The summed E-state index contributed by atoms with van der Waals surface area (Å²) in [4.78, 5) is 22.5. The number of rotatable bonds is 4. The smallest absolute Gasteiger partial charge is 0.316 e. The van der Waals surface area contributed by atoms with Gasteiger partial charge in [-0.3, -0.25) is 4.79 Å². The van der Waals surface area contributed by atoms with Crippen LogP contribution < -0.4 is 16.4 Å². The summed E-state index contributed by atoms with van der Waals surface area (Å²) in [7, 11) is 0. The fourth-order valence-electron chi connectivity index (χ4n) is 1.86. The zero-order valence-corrected chi connectivity index (χ0v) is 10.8. The molecule has 5 heteroatoms. The molecule has 2 rings (SSSR count). The number of anilines is 2. The van der Waals surface area contributed by atoms with E-state index in [0.29, 0.717) is 17.3 Å². The van der Waals surface area contributed by atoms with Crippen LogP contribution in [0.4, 0.5) is 16.2 Å². The molecular formula is C14H17N3O2. The zero-order valence-electron chi connectivity index (χ0n) is 10.8. The lowest BCUT2D eigenvalue weighted by Gasteiger charge is -2.06. The first kappa shape index (κ1) is 13.1. The van der Waals surface area contributed by atoms with Crippen LogP contribution >= 0.6 is 0 Å². The number of amides is 3. The van der Waals surface area contributed by atoms with Gasteiger partial charge in [0.05, 0.1) is 0 Å². The number of nitrogens with one attached hydrogen (secondary N) is 2. The molecule has 0 radical (unpaired) electrons. The molecule has 0 atom stereocenters. The van der Waals surface area contributed by atoms with Gasteiger partial charge in [-0.05, 0) is 43.9 Å². The minimum Gasteiger partial charge on any atom is -0.351 e. The Morgan fingerprint density at radius 2 is 1.89 bits per heavy atom. The highest BCUT2D eigenvalue weighted by molar-refractivity contribution is 6.00. The van der Waals surface area contributed by atoms with Crippen LogP contribution in [0, 0.1) is 5.92 Å². The maximum atomic E-state index is 11.8. The summed E-state index contributed by atoms with van der Waals surface area (Å²) in [6, 6.07) is 6.21. The number of allylic oxidation sites excluding steroid dienone is 1. The van der Waals surface area contributed by atoms with Crippen molar-refractivity contribution in [3.8, 4) is 0 Å². The topological polar surface area (TPSA) is 84.2 Å². The average molecular weight is 259 g/mol. The fourth-order valence-corrected chi connectivity index (χ4v) is 1.86. The van der Waals surface area contributed by atoms with E-state index in [-0.39, 0.29) is 5.91 Å². The van der Waals surface area contributed by atoms with E-state index in [0.717, 1.165) is 5.57 Å². The maximum absolute atomic E-state index is 11.8. The van der Waals surface area contributed by atoms with Crippen LogP contribution in [0.25, 0.3) is 0 Å². The van der Waals surface area contributed by atoms with E-state index in [4.69, 9.17) is 5.73 Å². The number of primary amides is 1. The molecule has 0 unspecified atom stereocenters. The second kappa shape index (κ2) is 5.56. The Labute approximate surface area is 111 Å². The number of nitrogens with two attached hydrogens (primary N) is 1. The summed E-state index contributed by atoms with van der Waals surface area (Å²) in [5, 5.41) is 5.22. The van der Waals surface area contributed by atoms with E-state index in [1.54, 1.807) is 30.3 Å². The van der Waals surface area contributed by atoms with Crippen LogP contribution in [-0.2, 0) is 4.79 Å². The van der Waals surface area contributed by atoms with Crippen LogP contribution in [0.5, 0.6) is 0 Å². The Bertz CT molecular complexity index is 533. The molecule has 4 N–H and O–H groups in total. The van der Waals surface area contributed by atoms with Gasteiger partial charge in [-0.25, -0.2) is 4.79 Å². The second-order valence-electron chi connectivity index (χ2n) is 4.72. The Morgan fingerprint density at radius 3 is 2.47 bits per heavy atom. The summed E-state index contributed by atoms with van der Waals surface area (Å²) < 4.78 is 0. The van der Waals surface area contributed by atoms with E-state index in [1.165, 1.54) is 12.8 Å². The average Bonchev–Trinajstić information content (AvgIpc) is 3.11. The van der Waals surface area contributed by atoms with E-state index in [9.17, 15) is 9.59 Å². The molecule has 1 aliphatic carbocycles. The molecule has 0 aliphatic heterocycles. The molecular weight excluding hydrogens is 242 g/mol. The Hall–Kier alpha value is -2.30.